The van der Waals surface area contributed by atoms with Crippen LogP contribution in [0.15, 0.2) is 17.0 Å². The lowest BCUT2D eigenvalue weighted by molar-refractivity contribution is 0.587. The van der Waals surface area contributed by atoms with E-state index in [0.717, 1.165) is 0 Å². The smallest absolute Gasteiger partial charge is 0.242 e. The summed E-state index contributed by atoms with van der Waals surface area (Å²) < 4.78 is 25.1. The Morgan fingerprint density at radius 2 is 2.07 bits per heavy atom. The molecule has 0 bridgehead atoms. The van der Waals surface area contributed by atoms with Gasteiger partial charge in [-0.25, -0.2) is 24.0 Å². The summed E-state index contributed by atoms with van der Waals surface area (Å²) in [5, 5.41) is 0. The maximum atomic E-state index is 11.4. The third-order valence-corrected chi connectivity index (χ3v) is 3.29. The number of nitrogens with two attached hydrogens (primary N) is 1. The lowest BCUT2D eigenvalue weighted by atomic mass is 10.4. The van der Waals surface area contributed by atoms with Crippen LogP contribution in [-0.4, -0.2) is 20.4 Å². The summed E-state index contributed by atoms with van der Waals surface area (Å²) in [5.74, 6) is 5.56. The standard InChI is InChI=1S/C7H12N4O2S/c1-5-6(14(12,13)9-2)3-4-7(10-5)11-8/h3-4,9H,8H2,1-2H3,(H,10,11). The number of hydrazine groups is 1. The predicted octanol–water partition coefficient (Wildman–Crippen LogP) is -0.416. The SMILES string of the molecule is CNS(=O)(=O)c1ccc(NN)nc1C. The third kappa shape index (κ3) is 2.00. The van der Waals surface area contributed by atoms with E-state index in [1.165, 1.54) is 19.2 Å². The molecule has 0 saturated heterocycles. The minimum atomic E-state index is -3.43. The van der Waals surface area contributed by atoms with Crippen molar-refractivity contribution in [2.75, 3.05) is 12.5 Å². The summed E-state index contributed by atoms with van der Waals surface area (Å²) in [7, 11) is -2.08. The van der Waals surface area contributed by atoms with Gasteiger partial charge in [-0.05, 0) is 26.1 Å². The number of nitrogens with one attached hydrogen (secondary N) is 2. The van der Waals surface area contributed by atoms with E-state index in [1.54, 1.807) is 6.92 Å². The van der Waals surface area contributed by atoms with Gasteiger partial charge >= 0.3 is 0 Å². The van der Waals surface area contributed by atoms with Crippen LogP contribution in [0.2, 0.25) is 0 Å². The largest absolute Gasteiger partial charge is 0.308 e. The molecule has 0 atom stereocenters. The molecule has 4 N–H and O–H groups in total. The minimum absolute atomic E-state index is 0.152. The average molecular weight is 216 g/mol. The molecule has 0 aliphatic rings. The predicted molar refractivity (Wildman–Crippen MR) is 53.0 cm³/mol. The first-order valence-electron chi connectivity index (χ1n) is 3.89. The summed E-state index contributed by atoms with van der Waals surface area (Å²) >= 11 is 0. The first-order chi connectivity index (χ1) is 6.51. The number of pyridine rings is 1. The van der Waals surface area contributed by atoms with E-state index in [4.69, 9.17) is 5.84 Å². The number of aromatic nitrogens is 1. The van der Waals surface area contributed by atoms with Crippen LogP contribution < -0.4 is 16.0 Å². The van der Waals surface area contributed by atoms with Crippen LogP contribution in [-0.2, 0) is 10.0 Å². The molecule has 0 spiro atoms. The zero-order chi connectivity index (χ0) is 10.8. The van der Waals surface area contributed by atoms with Crippen LogP contribution in [0.4, 0.5) is 5.82 Å². The Bertz CT molecular complexity index is 429. The Morgan fingerprint density at radius 3 is 2.50 bits per heavy atom. The summed E-state index contributed by atoms with van der Waals surface area (Å²) in [5.41, 5.74) is 2.74. The molecular formula is C7H12N4O2S. The van der Waals surface area contributed by atoms with E-state index >= 15 is 0 Å². The zero-order valence-corrected chi connectivity index (χ0v) is 8.72. The number of rotatable bonds is 3. The highest BCUT2D eigenvalue weighted by Gasteiger charge is 2.15. The molecular weight excluding hydrogens is 204 g/mol. The molecule has 1 aromatic heterocycles. The highest BCUT2D eigenvalue weighted by Crippen LogP contribution is 2.14. The summed E-state index contributed by atoms with van der Waals surface area (Å²) in [6, 6.07) is 2.95. The van der Waals surface area contributed by atoms with E-state index < -0.39 is 10.0 Å². The normalized spacial score (nSPS) is 11.4. The molecule has 0 saturated carbocycles. The van der Waals surface area contributed by atoms with Gasteiger partial charge in [-0.15, -0.1) is 0 Å². The Kier molecular flexibility index (Phi) is 3.04. The number of sulfonamides is 1. The lowest BCUT2D eigenvalue weighted by Crippen LogP contribution is -2.20. The van der Waals surface area contributed by atoms with Gasteiger partial charge in [0.15, 0.2) is 0 Å². The molecule has 78 valence electrons. The van der Waals surface area contributed by atoms with Gasteiger partial charge in [0, 0.05) is 0 Å². The zero-order valence-electron chi connectivity index (χ0n) is 7.90. The minimum Gasteiger partial charge on any atom is -0.308 e. The molecule has 1 aromatic rings. The third-order valence-electron chi connectivity index (χ3n) is 1.74. The molecule has 0 radical (unpaired) electrons. The van der Waals surface area contributed by atoms with Gasteiger partial charge in [-0.2, -0.15) is 0 Å². The van der Waals surface area contributed by atoms with Crippen LogP contribution >= 0.6 is 0 Å². The van der Waals surface area contributed by atoms with E-state index in [-0.39, 0.29) is 4.90 Å². The van der Waals surface area contributed by atoms with Crippen molar-refractivity contribution in [3.05, 3.63) is 17.8 Å². The molecule has 6 nitrogen and oxygen atoms in total. The monoisotopic (exact) mass is 216 g/mol. The second-order valence-corrected chi connectivity index (χ2v) is 4.49. The van der Waals surface area contributed by atoms with E-state index in [9.17, 15) is 8.42 Å². The van der Waals surface area contributed by atoms with Crippen molar-refractivity contribution in [2.45, 2.75) is 11.8 Å². The Morgan fingerprint density at radius 1 is 1.43 bits per heavy atom. The quantitative estimate of drug-likeness (QED) is 0.471. The number of aryl methyl sites for hydroxylation is 1. The molecule has 0 unspecified atom stereocenters. The van der Waals surface area contributed by atoms with Crippen molar-refractivity contribution >= 4 is 15.8 Å². The molecule has 0 aliphatic carbocycles. The van der Waals surface area contributed by atoms with Gasteiger partial charge in [-0.1, -0.05) is 0 Å². The van der Waals surface area contributed by atoms with Crippen LogP contribution in [0.5, 0.6) is 0 Å². The topological polar surface area (TPSA) is 97.1 Å². The van der Waals surface area contributed by atoms with Crippen molar-refractivity contribution in [2.24, 2.45) is 5.84 Å². The molecule has 0 amide bonds. The second-order valence-electron chi connectivity index (χ2n) is 2.63. The fraction of sp³-hybridized carbons (Fsp3) is 0.286. The van der Waals surface area contributed by atoms with Crippen molar-refractivity contribution in [1.82, 2.24) is 9.71 Å². The van der Waals surface area contributed by atoms with E-state index in [2.05, 4.69) is 15.1 Å². The van der Waals surface area contributed by atoms with Gasteiger partial charge in [0.1, 0.15) is 10.7 Å². The summed E-state index contributed by atoms with van der Waals surface area (Å²) in [6.45, 7) is 1.60. The number of hydrogen-bond donors (Lipinski definition) is 3. The average Bonchev–Trinajstić information content (AvgIpc) is 2.17. The van der Waals surface area contributed by atoms with Crippen LogP contribution in [0.1, 0.15) is 5.69 Å². The Hall–Kier alpha value is -1.18. The summed E-state index contributed by atoms with van der Waals surface area (Å²) in [6.07, 6.45) is 0. The molecule has 7 heteroatoms. The van der Waals surface area contributed by atoms with Gasteiger partial charge in [-0.3, -0.25) is 0 Å². The van der Waals surface area contributed by atoms with Crippen LogP contribution in [0.3, 0.4) is 0 Å². The Balaban J connectivity index is 3.26. The van der Waals surface area contributed by atoms with Gasteiger partial charge in [0.2, 0.25) is 10.0 Å². The van der Waals surface area contributed by atoms with Crippen molar-refractivity contribution in [3.63, 3.8) is 0 Å². The molecule has 1 heterocycles. The first kappa shape index (κ1) is 10.9. The summed E-state index contributed by atoms with van der Waals surface area (Å²) in [4.78, 5) is 4.10. The fourth-order valence-electron chi connectivity index (χ4n) is 1.02. The maximum absolute atomic E-state index is 11.4. The first-order valence-corrected chi connectivity index (χ1v) is 5.37. The van der Waals surface area contributed by atoms with Crippen molar-refractivity contribution < 1.29 is 8.42 Å². The van der Waals surface area contributed by atoms with Gasteiger partial charge in [0.05, 0.1) is 5.69 Å². The molecule has 0 aromatic carbocycles. The molecule has 1 rings (SSSR count). The molecule has 0 aliphatic heterocycles. The molecule has 14 heavy (non-hydrogen) atoms. The number of hydrogen-bond acceptors (Lipinski definition) is 5. The highest BCUT2D eigenvalue weighted by molar-refractivity contribution is 7.89. The molecule has 0 fully saturated rings. The Labute approximate surface area is 82.6 Å². The number of nitrogen functional groups attached to an aromatic ring is 1. The lowest BCUT2D eigenvalue weighted by Gasteiger charge is -2.06. The van der Waals surface area contributed by atoms with Crippen LogP contribution in [0, 0.1) is 6.92 Å². The number of nitrogens with zero attached hydrogens (tertiary/aromatic N) is 1. The second kappa shape index (κ2) is 3.91. The van der Waals surface area contributed by atoms with E-state index in [0.29, 0.717) is 11.5 Å². The highest BCUT2D eigenvalue weighted by atomic mass is 32.2. The van der Waals surface area contributed by atoms with Crippen molar-refractivity contribution in [3.8, 4) is 0 Å². The van der Waals surface area contributed by atoms with Crippen molar-refractivity contribution in [1.29, 1.82) is 0 Å². The van der Waals surface area contributed by atoms with Gasteiger partial charge < -0.3 is 5.43 Å². The van der Waals surface area contributed by atoms with E-state index in [1.807, 2.05) is 0 Å². The number of anilines is 1. The van der Waals surface area contributed by atoms with Crippen LogP contribution in [0.25, 0.3) is 0 Å². The van der Waals surface area contributed by atoms with Gasteiger partial charge in [0.25, 0.3) is 0 Å². The maximum Gasteiger partial charge on any atom is 0.242 e. The fourth-order valence-corrected chi connectivity index (χ4v) is 1.92.